The number of hydrogen-bond donors (Lipinski definition) is 0. The summed E-state index contributed by atoms with van der Waals surface area (Å²) in [5, 5.41) is 12.4. The zero-order valence-electron chi connectivity index (χ0n) is 12.5. The van der Waals surface area contributed by atoms with Crippen LogP contribution in [0.1, 0.15) is 18.0 Å². The molecule has 0 spiro atoms. The lowest BCUT2D eigenvalue weighted by Gasteiger charge is -2.07. The molecule has 0 aliphatic carbocycles. The normalized spacial score (nSPS) is 17.7. The van der Waals surface area contributed by atoms with E-state index >= 15 is 0 Å². The van der Waals surface area contributed by atoms with E-state index in [9.17, 15) is 9.18 Å². The van der Waals surface area contributed by atoms with Gasteiger partial charge in [-0.25, -0.2) is 13.8 Å². The number of ether oxygens (including phenoxy) is 1. The lowest BCUT2D eigenvalue weighted by Crippen LogP contribution is -2.28. The Morgan fingerprint density at radius 1 is 1.33 bits per heavy atom. The number of halogens is 2. The molecule has 4 rings (SSSR count). The molecular formula is C15H13ClFN5O2. The maximum absolute atomic E-state index is 13.8. The molecular weight excluding hydrogens is 337 g/mol. The number of rotatable bonds is 3. The van der Waals surface area contributed by atoms with E-state index in [-0.39, 0.29) is 40.1 Å². The van der Waals surface area contributed by atoms with E-state index in [1.807, 2.05) is 0 Å². The molecule has 3 aromatic rings. The van der Waals surface area contributed by atoms with Crippen LogP contribution >= 0.6 is 11.6 Å². The minimum Gasteiger partial charge on any atom is -0.379 e. The average Bonchev–Trinajstić information content (AvgIpc) is 3.20. The molecule has 124 valence electrons. The summed E-state index contributed by atoms with van der Waals surface area (Å²) in [4.78, 5) is 12.6. The first kappa shape index (κ1) is 15.2. The van der Waals surface area contributed by atoms with E-state index in [4.69, 9.17) is 16.3 Å². The first-order valence-electron chi connectivity index (χ1n) is 7.48. The van der Waals surface area contributed by atoms with Crippen LogP contribution in [-0.4, -0.2) is 38.0 Å². The molecule has 0 bridgehead atoms. The van der Waals surface area contributed by atoms with Gasteiger partial charge < -0.3 is 4.74 Å². The van der Waals surface area contributed by atoms with E-state index in [0.717, 1.165) is 0 Å². The lowest BCUT2D eigenvalue weighted by molar-refractivity contribution is 0.183. The Labute approximate surface area is 140 Å². The first-order valence-corrected chi connectivity index (χ1v) is 7.85. The second-order valence-corrected chi connectivity index (χ2v) is 5.95. The number of nitrogens with zero attached hydrogens (tertiary/aromatic N) is 5. The fourth-order valence-electron chi connectivity index (χ4n) is 2.75. The highest BCUT2D eigenvalue weighted by molar-refractivity contribution is 6.33. The van der Waals surface area contributed by atoms with Crippen LogP contribution in [0.3, 0.4) is 0 Å². The van der Waals surface area contributed by atoms with Gasteiger partial charge in [-0.1, -0.05) is 35.0 Å². The van der Waals surface area contributed by atoms with Crippen molar-refractivity contribution in [1.82, 2.24) is 24.8 Å². The predicted molar refractivity (Wildman–Crippen MR) is 84.6 cm³/mol. The van der Waals surface area contributed by atoms with Crippen LogP contribution < -0.4 is 5.56 Å². The Balaban J connectivity index is 1.78. The zero-order valence-corrected chi connectivity index (χ0v) is 13.3. The molecule has 1 atom stereocenters. The van der Waals surface area contributed by atoms with E-state index in [1.54, 1.807) is 18.2 Å². The highest BCUT2D eigenvalue weighted by atomic mass is 35.5. The van der Waals surface area contributed by atoms with Gasteiger partial charge in [0.1, 0.15) is 5.82 Å². The molecule has 1 aliphatic heterocycles. The SMILES string of the molecule is O=c1c2nn(Cc3ccccc3F)c(Cl)c2nnn1C1CCOC1. The molecule has 1 aliphatic rings. The monoisotopic (exact) mass is 349 g/mol. The predicted octanol–water partition coefficient (Wildman–Crippen LogP) is 1.79. The van der Waals surface area contributed by atoms with Gasteiger partial charge >= 0.3 is 0 Å². The van der Waals surface area contributed by atoms with Crippen molar-refractivity contribution in [3.8, 4) is 0 Å². The van der Waals surface area contributed by atoms with Crippen LogP contribution in [0.25, 0.3) is 11.0 Å². The Morgan fingerprint density at radius 2 is 2.17 bits per heavy atom. The maximum Gasteiger partial charge on any atom is 0.298 e. The van der Waals surface area contributed by atoms with Gasteiger partial charge in [-0.15, -0.1) is 5.10 Å². The van der Waals surface area contributed by atoms with Crippen molar-refractivity contribution in [2.75, 3.05) is 13.2 Å². The molecule has 2 aromatic heterocycles. The van der Waals surface area contributed by atoms with E-state index in [2.05, 4.69) is 15.4 Å². The summed E-state index contributed by atoms with van der Waals surface area (Å²) in [5.41, 5.74) is 0.390. The van der Waals surface area contributed by atoms with Crippen molar-refractivity contribution in [2.24, 2.45) is 0 Å². The van der Waals surface area contributed by atoms with Crippen LogP contribution in [0.2, 0.25) is 5.15 Å². The fourth-order valence-corrected chi connectivity index (χ4v) is 2.98. The quantitative estimate of drug-likeness (QED) is 0.720. The lowest BCUT2D eigenvalue weighted by atomic mass is 10.2. The smallest absolute Gasteiger partial charge is 0.298 e. The topological polar surface area (TPSA) is 74.8 Å². The van der Waals surface area contributed by atoms with Gasteiger partial charge in [0.15, 0.2) is 16.2 Å². The minimum atomic E-state index is -0.371. The zero-order chi connectivity index (χ0) is 16.7. The Morgan fingerprint density at radius 3 is 2.92 bits per heavy atom. The van der Waals surface area contributed by atoms with Crippen LogP contribution in [-0.2, 0) is 11.3 Å². The van der Waals surface area contributed by atoms with Crippen LogP contribution in [0.4, 0.5) is 4.39 Å². The van der Waals surface area contributed by atoms with Gasteiger partial charge in [-0.2, -0.15) is 5.10 Å². The summed E-state index contributed by atoms with van der Waals surface area (Å²) < 4.78 is 21.7. The van der Waals surface area contributed by atoms with Gasteiger partial charge in [0.2, 0.25) is 0 Å². The highest BCUT2D eigenvalue weighted by Gasteiger charge is 2.24. The summed E-state index contributed by atoms with van der Waals surface area (Å²) >= 11 is 6.25. The molecule has 3 heterocycles. The third-order valence-corrected chi connectivity index (χ3v) is 4.42. The van der Waals surface area contributed by atoms with Gasteiger partial charge in [0.25, 0.3) is 5.56 Å². The van der Waals surface area contributed by atoms with E-state index in [1.165, 1.54) is 15.4 Å². The fraction of sp³-hybridized carbons (Fsp3) is 0.333. The third kappa shape index (κ3) is 2.47. The molecule has 0 amide bonds. The van der Waals surface area contributed by atoms with Crippen molar-refractivity contribution >= 4 is 22.6 Å². The second kappa shape index (κ2) is 5.95. The van der Waals surface area contributed by atoms with Crippen molar-refractivity contribution in [3.05, 3.63) is 51.2 Å². The van der Waals surface area contributed by atoms with Crippen molar-refractivity contribution in [2.45, 2.75) is 19.0 Å². The van der Waals surface area contributed by atoms with Crippen LogP contribution in [0.15, 0.2) is 29.1 Å². The summed E-state index contributed by atoms with van der Waals surface area (Å²) in [5.74, 6) is -0.361. The Bertz CT molecular complexity index is 964. The number of fused-ring (bicyclic) bond motifs is 1. The molecule has 0 N–H and O–H groups in total. The molecule has 0 saturated carbocycles. The van der Waals surface area contributed by atoms with Gasteiger partial charge in [0, 0.05) is 12.2 Å². The minimum absolute atomic E-state index is 0.105. The third-order valence-electron chi connectivity index (χ3n) is 4.05. The maximum atomic E-state index is 13.8. The first-order chi connectivity index (χ1) is 11.6. The molecule has 24 heavy (non-hydrogen) atoms. The van der Waals surface area contributed by atoms with E-state index < -0.39 is 0 Å². The molecule has 7 nitrogen and oxygen atoms in total. The number of aromatic nitrogens is 5. The van der Waals surface area contributed by atoms with Crippen molar-refractivity contribution < 1.29 is 9.13 Å². The number of benzene rings is 1. The molecule has 1 saturated heterocycles. The highest BCUT2D eigenvalue weighted by Crippen LogP contribution is 2.21. The van der Waals surface area contributed by atoms with Crippen LogP contribution in [0.5, 0.6) is 0 Å². The summed E-state index contributed by atoms with van der Waals surface area (Å²) in [6.07, 6.45) is 0.698. The molecule has 0 radical (unpaired) electrons. The van der Waals surface area contributed by atoms with Crippen molar-refractivity contribution in [1.29, 1.82) is 0 Å². The van der Waals surface area contributed by atoms with Crippen molar-refractivity contribution in [3.63, 3.8) is 0 Å². The second-order valence-electron chi connectivity index (χ2n) is 5.59. The Kier molecular flexibility index (Phi) is 3.78. The average molecular weight is 350 g/mol. The summed E-state index contributed by atoms with van der Waals surface area (Å²) in [7, 11) is 0. The largest absolute Gasteiger partial charge is 0.379 e. The van der Waals surface area contributed by atoms with Gasteiger partial charge in [0.05, 0.1) is 19.2 Å². The molecule has 1 unspecified atom stereocenters. The Hall–Kier alpha value is -2.32. The van der Waals surface area contributed by atoms with Gasteiger partial charge in [-0.05, 0) is 12.5 Å². The molecule has 9 heteroatoms. The number of hydrogen-bond acceptors (Lipinski definition) is 5. The van der Waals surface area contributed by atoms with Gasteiger partial charge in [-0.3, -0.25) is 4.79 Å². The summed E-state index contributed by atoms with van der Waals surface area (Å²) in [6.45, 7) is 1.11. The summed E-state index contributed by atoms with van der Waals surface area (Å²) in [6, 6.07) is 6.18. The van der Waals surface area contributed by atoms with Crippen LogP contribution in [0, 0.1) is 5.82 Å². The van der Waals surface area contributed by atoms with E-state index in [0.29, 0.717) is 25.2 Å². The standard InChI is InChI=1S/C15H13ClFN5O2/c16-14-12-13(15(23)22(20-18-12)10-5-6-24-8-10)19-21(14)7-9-3-1-2-4-11(9)17/h1-4,10H,5-8H2. The molecule has 1 fully saturated rings. The molecule has 1 aromatic carbocycles.